The molecule has 0 bridgehead atoms. The van der Waals surface area contributed by atoms with Gasteiger partial charge in [0.2, 0.25) is 0 Å². The molecule has 5 rings (SSSR count). The summed E-state index contributed by atoms with van der Waals surface area (Å²) in [5.41, 5.74) is 4.26. The first-order valence-corrected chi connectivity index (χ1v) is 11.0. The maximum absolute atomic E-state index is 6.44. The molecular formula is C25H26N8O. The van der Waals surface area contributed by atoms with Gasteiger partial charge < -0.3 is 15.0 Å². The van der Waals surface area contributed by atoms with Gasteiger partial charge in [0.1, 0.15) is 24.0 Å². The van der Waals surface area contributed by atoms with Crippen LogP contribution >= 0.6 is 0 Å². The molecule has 5 aromatic rings. The third-order valence-corrected chi connectivity index (χ3v) is 5.41. The van der Waals surface area contributed by atoms with Crippen molar-refractivity contribution in [2.45, 2.75) is 13.0 Å². The smallest absolute Gasteiger partial charge is 0.159 e. The van der Waals surface area contributed by atoms with Gasteiger partial charge in [-0.05, 0) is 56.9 Å². The lowest BCUT2D eigenvalue weighted by molar-refractivity contribution is 0.179. The van der Waals surface area contributed by atoms with Gasteiger partial charge in [-0.3, -0.25) is 4.68 Å². The predicted octanol–water partition coefficient (Wildman–Crippen LogP) is 4.05. The van der Waals surface area contributed by atoms with Crippen LogP contribution in [0.5, 0.6) is 5.75 Å². The van der Waals surface area contributed by atoms with Crippen molar-refractivity contribution >= 4 is 33.4 Å². The number of aryl methyl sites for hydroxylation is 1. The number of anilines is 2. The normalized spacial score (nSPS) is 12.4. The van der Waals surface area contributed by atoms with E-state index in [1.54, 1.807) is 23.4 Å². The van der Waals surface area contributed by atoms with E-state index in [1.165, 1.54) is 0 Å². The van der Waals surface area contributed by atoms with Gasteiger partial charge in [-0.2, -0.15) is 5.10 Å². The van der Waals surface area contributed by atoms with Gasteiger partial charge in [0, 0.05) is 36.9 Å². The highest BCUT2D eigenvalue weighted by molar-refractivity contribution is 5.98. The SMILES string of the molecule is C[C@H](CN(C)C)Oc1cc(-c2cnn(C)c2)cc2ncnc(Nc3cnc4ncccc4c3)c12. The van der Waals surface area contributed by atoms with Crippen molar-refractivity contribution in [3.05, 3.63) is 61.4 Å². The average Bonchev–Trinajstić information content (AvgIpc) is 3.24. The molecule has 0 amide bonds. The Balaban J connectivity index is 1.61. The first-order chi connectivity index (χ1) is 16.5. The van der Waals surface area contributed by atoms with Crippen LogP contribution in [0.1, 0.15) is 6.92 Å². The van der Waals surface area contributed by atoms with Crippen LogP contribution in [0.15, 0.2) is 61.4 Å². The second-order valence-corrected chi connectivity index (χ2v) is 8.58. The predicted molar refractivity (Wildman–Crippen MR) is 133 cm³/mol. The van der Waals surface area contributed by atoms with E-state index in [2.05, 4.69) is 42.2 Å². The van der Waals surface area contributed by atoms with Gasteiger partial charge >= 0.3 is 0 Å². The number of nitrogens with zero attached hydrogens (tertiary/aromatic N) is 7. The Morgan fingerprint density at radius 2 is 1.94 bits per heavy atom. The first-order valence-electron chi connectivity index (χ1n) is 11.0. The molecule has 0 radical (unpaired) electrons. The molecule has 1 N–H and O–H groups in total. The zero-order valence-corrected chi connectivity index (χ0v) is 19.6. The van der Waals surface area contributed by atoms with Gasteiger partial charge in [-0.1, -0.05) is 0 Å². The topological polar surface area (TPSA) is 93.9 Å². The monoisotopic (exact) mass is 454 g/mol. The molecule has 172 valence electrons. The maximum atomic E-state index is 6.44. The third kappa shape index (κ3) is 4.51. The minimum absolute atomic E-state index is 0.0381. The molecule has 9 nitrogen and oxygen atoms in total. The summed E-state index contributed by atoms with van der Waals surface area (Å²) in [4.78, 5) is 20.0. The van der Waals surface area contributed by atoms with E-state index in [0.717, 1.165) is 39.6 Å². The number of pyridine rings is 2. The highest BCUT2D eigenvalue weighted by Gasteiger charge is 2.17. The summed E-state index contributed by atoms with van der Waals surface area (Å²) in [6.07, 6.45) is 8.82. The molecule has 1 atom stereocenters. The quantitative estimate of drug-likeness (QED) is 0.394. The van der Waals surface area contributed by atoms with Crippen LogP contribution in [0.3, 0.4) is 0 Å². The second-order valence-electron chi connectivity index (χ2n) is 8.58. The molecule has 0 aliphatic heterocycles. The van der Waals surface area contributed by atoms with Crippen LogP contribution in [0, 0.1) is 0 Å². The molecule has 0 saturated heterocycles. The Bertz CT molecular complexity index is 1460. The molecule has 1 aromatic carbocycles. The molecular weight excluding hydrogens is 428 g/mol. The van der Waals surface area contributed by atoms with E-state index in [9.17, 15) is 0 Å². The van der Waals surface area contributed by atoms with Crippen LogP contribution in [-0.2, 0) is 7.05 Å². The molecule has 0 saturated carbocycles. The average molecular weight is 455 g/mol. The number of benzene rings is 1. The largest absolute Gasteiger partial charge is 0.489 e. The summed E-state index contributed by atoms with van der Waals surface area (Å²) in [6.45, 7) is 2.83. The summed E-state index contributed by atoms with van der Waals surface area (Å²) >= 11 is 0. The van der Waals surface area contributed by atoms with Gasteiger partial charge in [0.25, 0.3) is 0 Å². The fraction of sp³-hybridized carbons (Fsp3) is 0.240. The molecule has 9 heteroatoms. The minimum atomic E-state index is -0.0381. The molecule has 0 aliphatic rings. The highest BCUT2D eigenvalue weighted by atomic mass is 16.5. The summed E-state index contributed by atoms with van der Waals surface area (Å²) < 4.78 is 8.22. The molecule has 0 aliphatic carbocycles. The van der Waals surface area contributed by atoms with Crippen LogP contribution < -0.4 is 10.1 Å². The Morgan fingerprint density at radius 3 is 2.74 bits per heavy atom. The Kier molecular flexibility index (Phi) is 5.77. The Morgan fingerprint density at radius 1 is 1.06 bits per heavy atom. The summed E-state index contributed by atoms with van der Waals surface area (Å²) in [5, 5.41) is 9.48. The zero-order valence-electron chi connectivity index (χ0n) is 19.6. The van der Waals surface area contributed by atoms with Crippen molar-refractivity contribution in [2.75, 3.05) is 26.0 Å². The van der Waals surface area contributed by atoms with Crippen molar-refractivity contribution in [3.63, 3.8) is 0 Å². The van der Waals surface area contributed by atoms with Crippen LogP contribution in [0.4, 0.5) is 11.5 Å². The van der Waals surface area contributed by atoms with Crippen molar-refractivity contribution in [2.24, 2.45) is 7.05 Å². The van der Waals surface area contributed by atoms with Crippen LogP contribution in [0.2, 0.25) is 0 Å². The molecule has 4 aromatic heterocycles. The minimum Gasteiger partial charge on any atom is -0.489 e. The number of ether oxygens (including phenoxy) is 1. The Hall–Kier alpha value is -4.11. The van der Waals surface area contributed by atoms with Crippen molar-refractivity contribution in [1.29, 1.82) is 0 Å². The van der Waals surface area contributed by atoms with Crippen molar-refractivity contribution in [3.8, 4) is 16.9 Å². The van der Waals surface area contributed by atoms with Gasteiger partial charge in [0.15, 0.2) is 5.65 Å². The number of aromatic nitrogens is 6. The standard InChI is InChI=1S/C25H26N8O/c1-16(13-32(2)3)34-22-10-18(19-11-30-33(4)14-19)9-21-23(22)25(29-15-28-21)31-20-8-17-6-5-7-26-24(17)27-12-20/h5-12,14-16H,13H2,1-4H3,(H,28,29,31)/t16-/m1/s1. The van der Waals surface area contributed by atoms with Crippen LogP contribution in [-0.4, -0.2) is 61.4 Å². The lowest BCUT2D eigenvalue weighted by Crippen LogP contribution is -2.28. The fourth-order valence-electron chi connectivity index (χ4n) is 4.02. The molecule has 34 heavy (non-hydrogen) atoms. The fourth-order valence-corrected chi connectivity index (χ4v) is 4.02. The van der Waals surface area contributed by atoms with E-state index >= 15 is 0 Å². The first kappa shape index (κ1) is 21.7. The molecule has 0 fully saturated rings. The van der Waals surface area contributed by atoms with E-state index in [4.69, 9.17) is 4.74 Å². The van der Waals surface area contributed by atoms with Gasteiger partial charge in [-0.25, -0.2) is 19.9 Å². The Labute approximate surface area is 197 Å². The summed E-state index contributed by atoms with van der Waals surface area (Å²) in [7, 11) is 5.96. The number of nitrogens with one attached hydrogen (secondary N) is 1. The van der Waals surface area contributed by atoms with Crippen LogP contribution in [0.25, 0.3) is 33.1 Å². The zero-order chi connectivity index (χ0) is 23.7. The summed E-state index contributed by atoms with van der Waals surface area (Å²) in [6, 6.07) is 9.94. The van der Waals surface area contributed by atoms with Crippen molar-refractivity contribution < 1.29 is 4.74 Å². The highest BCUT2D eigenvalue weighted by Crippen LogP contribution is 2.36. The lowest BCUT2D eigenvalue weighted by atomic mass is 10.1. The molecule has 0 unspecified atom stereocenters. The number of rotatable bonds is 7. The van der Waals surface area contributed by atoms with Gasteiger partial charge in [-0.15, -0.1) is 0 Å². The number of hydrogen-bond acceptors (Lipinski definition) is 8. The second kappa shape index (κ2) is 9.03. The number of fused-ring (bicyclic) bond motifs is 2. The number of hydrogen-bond donors (Lipinski definition) is 1. The maximum Gasteiger partial charge on any atom is 0.159 e. The van der Waals surface area contributed by atoms with Crippen molar-refractivity contribution in [1.82, 2.24) is 34.6 Å². The summed E-state index contributed by atoms with van der Waals surface area (Å²) in [5.74, 6) is 1.36. The van der Waals surface area contributed by atoms with E-state index < -0.39 is 0 Å². The van der Waals surface area contributed by atoms with E-state index in [1.807, 2.05) is 63.9 Å². The molecule has 4 heterocycles. The van der Waals surface area contributed by atoms with E-state index in [0.29, 0.717) is 17.2 Å². The number of likely N-dealkylation sites (N-methyl/N-ethyl adjacent to an activating group) is 1. The molecule has 0 spiro atoms. The van der Waals surface area contributed by atoms with Gasteiger partial charge in [0.05, 0.1) is 29.0 Å². The lowest BCUT2D eigenvalue weighted by Gasteiger charge is -2.21. The van der Waals surface area contributed by atoms with E-state index in [-0.39, 0.29) is 6.10 Å². The third-order valence-electron chi connectivity index (χ3n) is 5.41.